The van der Waals surface area contributed by atoms with E-state index in [9.17, 15) is 10.2 Å². The Labute approximate surface area is 175 Å². The second-order valence-electron chi connectivity index (χ2n) is 7.69. The fourth-order valence-corrected chi connectivity index (χ4v) is 3.01. The molecule has 0 unspecified atom stereocenters. The molecule has 0 amide bonds. The number of aromatic hydroxyl groups is 1. The van der Waals surface area contributed by atoms with Crippen molar-refractivity contribution < 1.29 is 14.9 Å². The normalized spacial score (nSPS) is 12.5. The van der Waals surface area contributed by atoms with Crippen molar-refractivity contribution in [2.45, 2.75) is 46.3 Å². The molecule has 3 rings (SSSR count). The summed E-state index contributed by atoms with van der Waals surface area (Å²) in [6, 6.07) is 5.17. The lowest BCUT2D eigenvalue weighted by molar-refractivity contribution is 0.248. The van der Waals surface area contributed by atoms with Crippen LogP contribution in [0.2, 0.25) is 0 Å². The standard InChI is InChI=1S/C20H29N7O3/c1-11(2)14(10-28)22-20-23-18(16-19(24-20)27(12(3)4)26-25-16)21-9-13-7-6-8-15(30-5)17(13)29/h6-8,11-12,14,28-29H,9-10H2,1-5H3,(H2,21,22,23,24)/t14-/m0/s1. The minimum atomic E-state index is -0.193. The van der Waals surface area contributed by atoms with Crippen molar-refractivity contribution >= 4 is 22.9 Å². The predicted octanol–water partition coefficient (Wildman–Crippen LogP) is 2.56. The molecule has 1 atom stereocenters. The average Bonchev–Trinajstić information content (AvgIpc) is 3.15. The van der Waals surface area contributed by atoms with Crippen molar-refractivity contribution in [3.8, 4) is 11.5 Å². The Kier molecular flexibility index (Phi) is 6.56. The summed E-state index contributed by atoms with van der Waals surface area (Å²) < 4.78 is 6.89. The van der Waals surface area contributed by atoms with Crippen LogP contribution in [0.1, 0.15) is 39.3 Å². The number of hydrogen-bond acceptors (Lipinski definition) is 9. The van der Waals surface area contributed by atoms with Gasteiger partial charge in [0.1, 0.15) is 0 Å². The Hall–Kier alpha value is -3.14. The molecular formula is C20H29N7O3. The number of rotatable bonds is 9. The Bertz CT molecular complexity index is 1000. The minimum absolute atomic E-state index is 0.0405. The zero-order chi connectivity index (χ0) is 21.8. The highest BCUT2D eigenvalue weighted by molar-refractivity contribution is 5.83. The van der Waals surface area contributed by atoms with E-state index in [0.717, 1.165) is 0 Å². The topological polar surface area (TPSA) is 130 Å². The number of aliphatic hydroxyl groups is 1. The smallest absolute Gasteiger partial charge is 0.227 e. The van der Waals surface area contributed by atoms with Gasteiger partial charge in [-0.3, -0.25) is 0 Å². The van der Waals surface area contributed by atoms with Gasteiger partial charge >= 0.3 is 0 Å². The molecule has 0 saturated heterocycles. The fraction of sp³-hybridized carbons (Fsp3) is 0.500. The minimum Gasteiger partial charge on any atom is -0.504 e. The zero-order valence-corrected chi connectivity index (χ0v) is 17.9. The number of fused-ring (bicyclic) bond motifs is 1. The van der Waals surface area contributed by atoms with Crippen LogP contribution in [0.4, 0.5) is 11.8 Å². The highest BCUT2D eigenvalue weighted by Gasteiger charge is 2.19. The molecule has 0 bridgehead atoms. The van der Waals surface area contributed by atoms with Gasteiger partial charge in [0, 0.05) is 12.1 Å². The molecule has 4 N–H and O–H groups in total. The number of phenols is 1. The van der Waals surface area contributed by atoms with Gasteiger partial charge in [-0.1, -0.05) is 31.2 Å². The van der Waals surface area contributed by atoms with Gasteiger partial charge in [-0.2, -0.15) is 9.97 Å². The summed E-state index contributed by atoms with van der Waals surface area (Å²) in [7, 11) is 1.51. The summed E-state index contributed by atoms with van der Waals surface area (Å²) >= 11 is 0. The van der Waals surface area contributed by atoms with Crippen LogP contribution in [0.25, 0.3) is 11.2 Å². The van der Waals surface area contributed by atoms with E-state index < -0.39 is 0 Å². The molecule has 162 valence electrons. The molecule has 0 aliphatic heterocycles. The highest BCUT2D eigenvalue weighted by atomic mass is 16.5. The summed E-state index contributed by atoms with van der Waals surface area (Å²) in [5.74, 6) is 1.52. The second kappa shape index (κ2) is 9.12. The molecule has 0 fully saturated rings. The van der Waals surface area contributed by atoms with Crippen molar-refractivity contribution in [2.24, 2.45) is 5.92 Å². The van der Waals surface area contributed by atoms with Crippen LogP contribution in [0.5, 0.6) is 11.5 Å². The van der Waals surface area contributed by atoms with E-state index in [1.165, 1.54) is 7.11 Å². The fourth-order valence-electron chi connectivity index (χ4n) is 3.01. The van der Waals surface area contributed by atoms with E-state index in [4.69, 9.17) is 4.74 Å². The Morgan fingerprint density at radius 1 is 1.17 bits per heavy atom. The predicted molar refractivity (Wildman–Crippen MR) is 115 cm³/mol. The van der Waals surface area contributed by atoms with E-state index in [2.05, 4.69) is 30.9 Å². The van der Waals surface area contributed by atoms with Gasteiger partial charge in [0.05, 0.1) is 25.8 Å². The maximum absolute atomic E-state index is 10.4. The molecule has 0 spiro atoms. The number of hydrogen-bond donors (Lipinski definition) is 4. The number of methoxy groups -OCH3 is 1. The molecule has 0 aliphatic carbocycles. The summed E-state index contributed by atoms with van der Waals surface area (Å²) in [5.41, 5.74) is 1.77. The van der Waals surface area contributed by atoms with Gasteiger partial charge in [0.25, 0.3) is 0 Å². The molecule has 0 aliphatic rings. The number of aliphatic hydroxyl groups excluding tert-OH is 1. The van der Waals surface area contributed by atoms with E-state index in [1.807, 2.05) is 33.8 Å². The van der Waals surface area contributed by atoms with Crippen molar-refractivity contribution in [2.75, 3.05) is 24.4 Å². The third-order valence-electron chi connectivity index (χ3n) is 4.88. The van der Waals surface area contributed by atoms with E-state index in [0.29, 0.717) is 40.8 Å². The molecule has 10 heteroatoms. The Morgan fingerprint density at radius 3 is 2.57 bits per heavy atom. The number of ether oxygens (including phenoxy) is 1. The third-order valence-corrected chi connectivity index (χ3v) is 4.88. The van der Waals surface area contributed by atoms with Crippen molar-refractivity contribution in [3.63, 3.8) is 0 Å². The average molecular weight is 415 g/mol. The van der Waals surface area contributed by atoms with Gasteiger partial charge in [-0.15, -0.1) is 5.10 Å². The van der Waals surface area contributed by atoms with Crippen LogP contribution in [-0.2, 0) is 6.54 Å². The van der Waals surface area contributed by atoms with Gasteiger partial charge in [-0.05, 0) is 25.8 Å². The van der Waals surface area contributed by atoms with Crippen molar-refractivity contribution in [1.82, 2.24) is 25.0 Å². The molecule has 0 radical (unpaired) electrons. The lowest BCUT2D eigenvalue weighted by Crippen LogP contribution is -2.30. The van der Waals surface area contributed by atoms with Crippen LogP contribution in [0.15, 0.2) is 18.2 Å². The SMILES string of the molecule is COc1cccc(CNc2nc(N[C@@H](CO)C(C)C)nc3c2nnn3C(C)C)c1O. The molecule has 30 heavy (non-hydrogen) atoms. The summed E-state index contributed by atoms with van der Waals surface area (Å²) in [6.45, 7) is 8.27. The number of anilines is 2. The second-order valence-corrected chi connectivity index (χ2v) is 7.69. The van der Waals surface area contributed by atoms with Crippen LogP contribution < -0.4 is 15.4 Å². The molecular weight excluding hydrogens is 386 g/mol. The number of benzene rings is 1. The van der Waals surface area contributed by atoms with Crippen LogP contribution in [-0.4, -0.2) is 54.9 Å². The lowest BCUT2D eigenvalue weighted by atomic mass is 10.1. The highest BCUT2D eigenvalue weighted by Crippen LogP contribution is 2.30. The monoisotopic (exact) mass is 415 g/mol. The zero-order valence-electron chi connectivity index (χ0n) is 17.9. The first-order valence-electron chi connectivity index (χ1n) is 9.94. The maximum Gasteiger partial charge on any atom is 0.227 e. The third kappa shape index (κ3) is 4.38. The number of aromatic nitrogens is 5. The largest absolute Gasteiger partial charge is 0.504 e. The summed E-state index contributed by atoms with van der Waals surface area (Å²) in [5, 5.41) is 34.9. The maximum atomic E-state index is 10.4. The molecule has 1 aromatic carbocycles. The van der Waals surface area contributed by atoms with Crippen LogP contribution in [0, 0.1) is 5.92 Å². The van der Waals surface area contributed by atoms with Crippen molar-refractivity contribution in [1.29, 1.82) is 0 Å². The molecule has 2 heterocycles. The van der Waals surface area contributed by atoms with Crippen LogP contribution >= 0.6 is 0 Å². The molecule has 0 saturated carbocycles. The number of nitrogens with zero attached hydrogens (tertiary/aromatic N) is 5. The van der Waals surface area contributed by atoms with Crippen LogP contribution in [0.3, 0.4) is 0 Å². The lowest BCUT2D eigenvalue weighted by Gasteiger charge is -2.20. The number of nitrogens with one attached hydrogen (secondary N) is 2. The Balaban J connectivity index is 1.98. The molecule has 2 aromatic heterocycles. The first-order chi connectivity index (χ1) is 14.3. The van der Waals surface area contributed by atoms with E-state index in [1.54, 1.807) is 16.8 Å². The number of phenolic OH excluding ortho intramolecular Hbond substituents is 1. The quantitative estimate of drug-likeness (QED) is 0.416. The Morgan fingerprint density at radius 2 is 1.93 bits per heavy atom. The number of para-hydroxylation sites is 1. The van der Waals surface area contributed by atoms with E-state index >= 15 is 0 Å². The molecule has 10 nitrogen and oxygen atoms in total. The van der Waals surface area contributed by atoms with Gasteiger partial charge < -0.3 is 25.6 Å². The van der Waals surface area contributed by atoms with Gasteiger partial charge in [-0.25, -0.2) is 4.68 Å². The first kappa shape index (κ1) is 21.6. The summed E-state index contributed by atoms with van der Waals surface area (Å²) in [4.78, 5) is 9.14. The molecule has 3 aromatic rings. The van der Waals surface area contributed by atoms with Gasteiger partial charge in [0.2, 0.25) is 5.95 Å². The first-order valence-corrected chi connectivity index (χ1v) is 9.94. The van der Waals surface area contributed by atoms with Gasteiger partial charge in [0.15, 0.2) is 28.5 Å². The van der Waals surface area contributed by atoms with Crippen molar-refractivity contribution in [3.05, 3.63) is 23.8 Å². The van der Waals surface area contributed by atoms with E-state index in [-0.39, 0.29) is 30.4 Å². The summed E-state index contributed by atoms with van der Waals surface area (Å²) in [6.07, 6.45) is 0.